The van der Waals surface area contributed by atoms with Gasteiger partial charge in [0, 0.05) is 24.9 Å². The highest BCUT2D eigenvalue weighted by molar-refractivity contribution is 5.85. The van der Waals surface area contributed by atoms with E-state index in [0.717, 1.165) is 32.0 Å². The Bertz CT molecular complexity index is 625. The Morgan fingerprint density at radius 2 is 1.87 bits per heavy atom. The molecular weight excluding hydrogens is 331 g/mol. The van der Waals surface area contributed by atoms with Gasteiger partial charge in [-0.15, -0.1) is 24.8 Å². The quantitative estimate of drug-likeness (QED) is 0.919. The molecule has 2 aromatic rings. The van der Waals surface area contributed by atoms with Crippen molar-refractivity contribution in [1.29, 1.82) is 5.26 Å². The topological polar surface area (TPSA) is 53.6 Å². The van der Waals surface area contributed by atoms with Gasteiger partial charge in [-0.25, -0.2) is 4.98 Å². The van der Waals surface area contributed by atoms with Gasteiger partial charge in [-0.2, -0.15) is 5.26 Å². The smallest absolute Gasteiger partial charge is 0.0991 e. The second kappa shape index (κ2) is 9.57. The summed E-state index contributed by atoms with van der Waals surface area (Å²) < 4.78 is 2.29. The molecule has 0 bridgehead atoms. The molecular formula is C17H22Cl2N4. The van der Waals surface area contributed by atoms with Crippen LogP contribution < -0.4 is 5.32 Å². The minimum Gasteiger partial charge on any atom is -0.334 e. The largest absolute Gasteiger partial charge is 0.334 e. The van der Waals surface area contributed by atoms with E-state index >= 15 is 0 Å². The highest BCUT2D eigenvalue weighted by Gasteiger charge is 2.15. The molecule has 0 aliphatic carbocycles. The molecule has 23 heavy (non-hydrogen) atoms. The van der Waals surface area contributed by atoms with Crippen molar-refractivity contribution in [2.24, 2.45) is 5.92 Å². The summed E-state index contributed by atoms with van der Waals surface area (Å²) in [6.07, 6.45) is 7.26. The molecule has 0 amide bonds. The van der Waals surface area contributed by atoms with E-state index in [2.05, 4.69) is 20.9 Å². The normalized spacial score (nSPS) is 14.4. The summed E-state index contributed by atoms with van der Waals surface area (Å²) in [4.78, 5) is 4.31. The number of benzene rings is 1. The molecule has 3 rings (SSSR count). The molecule has 0 atom stereocenters. The van der Waals surface area contributed by atoms with Crippen molar-refractivity contribution >= 4 is 24.8 Å². The molecule has 124 valence electrons. The summed E-state index contributed by atoms with van der Waals surface area (Å²) in [5, 5.41) is 12.3. The standard InChI is InChI=1S/C17H20N4.2ClH/c18-10-15-3-1-14(2-4-15)9-17-11-20-13-21(17)12-16-5-7-19-8-6-16;;/h1-4,11,13,16,19H,5-9,12H2;2*1H. The number of nitriles is 1. The summed E-state index contributed by atoms with van der Waals surface area (Å²) in [5.74, 6) is 0.750. The molecule has 2 heterocycles. The zero-order valence-electron chi connectivity index (χ0n) is 12.9. The lowest BCUT2D eigenvalue weighted by Crippen LogP contribution is -2.30. The van der Waals surface area contributed by atoms with Crippen LogP contribution in [-0.2, 0) is 13.0 Å². The summed E-state index contributed by atoms with van der Waals surface area (Å²) in [6, 6.07) is 9.97. The lowest BCUT2D eigenvalue weighted by Gasteiger charge is -2.23. The highest BCUT2D eigenvalue weighted by Crippen LogP contribution is 2.17. The summed E-state index contributed by atoms with van der Waals surface area (Å²) >= 11 is 0. The van der Waals surface area contributed by atoms with E-state index < -0.39 is 0 Å². The number of hydrogen-bond donors (Lipinski definition) is 1. The number of aromatic nitrogens is 2. The number of imidazole rings is 1. The van der Waals surface area contributed by atoms with Gasteiger partial charge in [0.1, 0.15) is 0 Å². The minimum absolute atomic E-state index is 0. The maximum Gasteiger partial charge on any atom is 0.0991 e. The van der Waals surface area contributed by atoms with E-state index in [-0.39, 0.29) is 24.8 Å². The first-order valence-electron chi connectivity index (χ1n) is 7.54. The first-order chi connectivity index (χ1) is 10.3. The molecule has 6 heteroatoms. The van der Waals surface area contributed by atoms with Gasteiger partial charge < -0.3 is 9.88 Å². The lowest BCUT2D eigenvalue weighted by atomic mass is 9.98. The molecule has 1 aromatic carbocycles. The fraction of sp³-hybridized carbons (Fsp3) is 0.412. The molecule has 0 unspecified atom stereocenters. The third-order valence-electron chi connectivity index (χ3n) is 4.18. The number of halogens is 2. The molecule has 1 aliphatic rings. The first kappa shape index (κ1) is 19.5. The molecule has 1 aliphatic heterocycles. The zero-order chi connectivity index (χ0) is 14.5. The lowest BCUT2D eigenvalue weighted by molar-refractivity contribution is 0.330. The Balaban J connectivity index is 0.00000132. The molecule has 0 saturated carbocycles. The Morgan fingerprint density at radius 1 is 1.17 bits per heavy atom. The number of hydrogen-bond acceptors (Lipinski definition) is 3. The maximum atomic E-state index is 8.84. The predicted octanol–water partition coefficient (Wildman–Crippen LogP) is 3.19. The van der Waals surface area contributed by atoms with Crippen molar-refractivity contribution in [3.05, 3.63) is 53.6 Å². The van der Waals surface area contributed by atoms with Crippen molar-refractivity contribution in [3.8, 4) is 6.07 Å². The predicted molar refractivity (Wildman–Crippen MR) is 96.3 cm³/mol. The second-order valence-electron chi connectivity index (χ2n) is 5.72. The second-order valence-corrected chi connectivity index (χ2v) is 5.72. The number of rotatable bonds is 4. The molecule has 1 saturated heterocycles. The van der Waals surface area contributed by atoms with Crippen LogP contribution in [0.5, 0.6) is 0 Å². The van der Waals surface area contributed by atoms with Gasteiger partial charge in [-0.05, 0) is 49.5 Å². The summed E-state index contributed by atoms with van der Waals surface area (Å²) in [7, 11) is 0. The van der Waals surface area contributed by atoms with E-state index in [1.807, 2.05) is 36.8 Å². The van der Waals surface area contributed by atoms with Gasteiger partial charge in [-0.3, -0.25) is 0 Å². The maximum absolute atomic E-state index is 8.84. The van der Waals surface area contributed by atoms with E-state index in [1.165, 1.54) is 24.1 Å². The van der Waals surface area contributed by atoms with Crippen LogP contribution in [0, 0.1) is 17.2 Å². The van der Waals surface area contributed by atoms with Gasteiger partial charge in [0.2, 0.25) is 0 Å². The SMILES string of the molecule is Cl.Cl.N#Cc1ccc(Cc2cncn2CC2CCNCC2)cc1. The minimum atomic E-state index is 0. The number of piperidine rings is 1. The van der Waals surface area contributed by atoms with E-state index in [1.54, 1.807) is 0 Å². The summed E-state index contributed by atoms with van der Waals surface area (Å²) in [6.45, 7) is 3.32. The van der Waals surface area contributed by atoms with Crippen LogP contribution >= 0.6 is 24.8 Å². The Hall–Kier alpha value is -1.54. The average molecular weight is 353 g/mol. The molecule has 1 N–H and O–H groups in total. The van der Waals surface area contributed by atoms with Crippen LogP contribution in [0.1, 0.15) is 29.7 Å². The van der Waals surface area contributed by atoms with Crippen LogP contribution in [0.2, 0.25) is 0 Å². The first-order valence-corrected chi connectivity index (χ1v) is 7.54. The van der Waals surface area contributed by atoms with Crippen molar-refractivity contribution in [2.45, 2.75) is 25.8 Å². The van der Waals surface area contributed by atoms with Crippen LogP contribution in [0.15, 0.2) is 36.8 Å². The Morgan fingerprint density at radius 3 is 2.52 bits per heavy atom. The van der Waals surface area contributed by atoms with Gasteiger partial charge in [-0.1, -0.05) is 12.1 Å². The van der Waals surface area contributed by atoms with Crippen molar-refractivity contribution < 1.29 is 0 Å². The van der Waals surface area contributed by atoms with Crippen molar-refractivity contribution in [2.75, 3.05) is 13.1 Å². The van der Waals surface area contributed by atoms with Gasteiger partial charge in [0.05, 0.1) is 18.0 Å². The van der Waals surface area contributed by atoms with Gasteiger partial charge in [0.15, 0.2) is 0 Å². The monoisotopic (exact) mass is 352 g/mol. The molecule has 1 aromatic heterocycles. The third-order valence-corrected chi connectivity index (χ3v) is 4.18. The van der Waals surface area contributed by atoms with Crippen LogP contribution in [0.4, 0.5) is 0 Å². The molecule has 0 spiro atoms. The van der Waals surface area contributed by atoms with Gasteiger partial charge >= 0.3 is 0 Å². The number of nitrogens with zero attached hydrogens (tertiary/aromatic N) is 3. The summed E-state index contributed by atoms with van der Waals surface area (Å²) in [5.41, 5.74) is 3.18. The van der Waals surface area contributed by atoms with Crippen LogP contribution in [-0.4, -0.2) is 22.6 Å². The average Bonchev–Trinajstić information content (AvgIpc) is 2.96. The molecule has 1 fully saturated rings. The fourth-order valence-electron chi connectivity index (χ4n) is 2.91. The molecule has 0 radical (unpaired) electrons. The van der Waals surface area contributed by atoms with E-state index in [4.69, 9.17) is 5.26 Å². The molecule has 4 nitrogen and oxygen atoms in total. The van der Waals surface area contributed by atoms with Gasteiger partial charge in [0.25, 0.3) is 0 Å². The van der Waals surface area contributed by atoms with Crippen molar-refractivity contribution in [3.63, 3.8) is 0 Å². The zero-order valence-corrected chi connectivity index (χ0v) is 14.6. The van der Waals surface area contributed by atoms with E-state index in [0.29, 0.717) is 5.56 Å². The van der Waals surface area contributed by atoms with E-state index in [9.17, 15) is 0 Å². The van der Waals surface area contributed by atoms with Crippen LogP contribution in [0.3, 0.4) is 0 Å². The third kappa shape index (κ3) is 5.24. The fourth-order valence-corrected chi connectivity index (χ4v) is 2.91. The van der Waals surface area contributed by atoms with Crippen molar-refractivity contribution in [1.82, 2.24) is 14.9 Å². The highest BCUT2D eigenvalue weighted by atomic mass is 35.5. The Kier molecular flexibility index (Phi) is 8.11. The number of nitrogens with one attached hydrogen (secondary N) is 1. The Labute approximate surface area is 149 Å². The van der Waals surface area contributed by atoms with Crippen LogP contribution in [0.25, 0.3) is 0 Å².